The van der Waals surface area contributed by atoms with Gasteiger partial charge in [0.2, 0.25) is 0 Å². The van der Waals surface area contributed by atoms with Crippen molar-refractivity contribution < 1.29 is 9.53 Å². The van der Waals surface area contributed by atoms with Crippen LogP contribution in [0.25, 0.3) is 10.8 Å². The predicted octanol–water partition coefficient (Wildman–Crippen LogP) is 2.86. The van der Waals surface area contributed by atoms with Crippen LogP contribution < -0.4 is 0 Å². The fraction of sp³-hybridized carbons (Fsp3) is 0.214. The number of benzene rings is 2. The Morgan fingerprint density at radius 1 is 1.25 bits per heavy atom. The maximum absolute atomic E-state index is 11.2. The molecule has 2 rings (SSSR count). The van der Waals surface area contributed by atoms with E-state index in [1.807, 2.05) is 18.2 Å². The number of hydrogen-bond donors (Lipinski definition) is 0. The maximum Gasteiger partial charge on any atom is 0.309 e. The average Bonchev–Trinajstić information content (AvgIpc) is 2.30. The van der Waals surface area contributed by atoms with Gasteiger partial charge in [0.1, 0.15) is 0 Å². The predicted molar refractivity (Wildman–Crippen MR) is 64.4 cm³/mol. The zero-order valence-electron chi connectivity index (χ0n) is 9.49. The molecule has 2 heteroatoms. The van der Waals surface area contributed by atoms with Crippen molar-refractivity contribution in [2.75, 3.05) is 7.11 Å². The minimum absolute atomic E-state index is 0.201. The van der Waals surface area contributed by atoms with Gasteiger partial charge in [-0.05, 0) is 28.8 Å². The van der Waals surface area contributed by atoms with Crippen molar-refractivity contribution in [2.45, 2.75) is 13.3 Å². The van der Waals surface area contributed by atoms with Crippen LogP contribution in [0, 0.1) is 6.92 Å². The molecule has 0 aliphatic rings. The summed E-state index contributed by atoms with van der Waals surface area (Å²) in [6.45, 7) is 2.07. The van der Waals surface area contributed by atoms with E-state index in [1.54, 1.807) is 0 Å². The van der Waals surface area contributed by atoms with E-state index in [-0.39, 0.29) is 5.97 Å². The molecule has 0 saturated carbocycles. The Bertz CT molecular complexity index is 529. The summed E-state index contributed by atoms with van der Waals surface area (Å²) in [6, 6.07) is 12.3. The third-order valence-electron chi connectivity index (χ3n) is 2.74. The highest BCUT2D eigenvalue weighted by atomic mass is 16.5. The lowest BCUT2D eigenvalue weighted by atomic mass is 10.0. The van der Waals surface area contributed by atoms with Crippen LogP contribution in [0.2, 0.25) is 0 Å². The number of fused-ring (bicyclic) bond motifs is 1. The maximum atomic E-state index is 11.2. The molecule has 16 heavy (non-hydrogen) atoms. The Labute approximate surface area is 94.8 Å². The smallest absolute Gasteiger partial charge is 0.309 e. The van der Waals surface area contributed by atoms with E-state index in [2.05, 4.69) is 29.9 Å². The van der Waals surface area contributed by atoms with Crippen LogP contribution in [0.5, 0.6) is 0 Å². The summed E-state index contributed by atoms with van der Waals surface area (Å²) in [5.74, 6) is -0.201. The number of aryl methyl sites for hydroxylation is 1. The standard InChI is InChI=1S/C14H14O2/c1-10-4-3-5-12-7-6-11(8-13(10)12)9-14(15)16-2/h3-8H,9H2,1-2H3. The molecule has 0 radical (unpaired) electrons. The van der Waals surface area contributed by atoms with Gasteiger partial charge in [-0.15, -0.1) is 0 Å². The molecule has 0 aromatic heterocycles. The van der Waals surface area contributed by atoms with E-state index in [0.717, 1.165) is 5.56 Å². The molecule has 0 saturated heterocycles. The topological polar surface area (TPSA) is 26.3 Å². The number of hydrogen-bond acceptors (Lipinski definition) is 2. The van der Waals surface area contributed by atoms with Crippen LogP contribution in [-0.4, -0.2) is 13.1 Å². The van der Waals surface area contributed by atoms with E-state index < -0.39 is 0 Å². The summed E-state index contributed by atoms with van der Waals surface area (Å²) in [4.78, 5) is 11.2. The quantitative estimate of drug-likeness (QED) is 0.718. The van der Waals surface area contributed by atoms with Gasteiger partial charge in [0.15, 0.2) is 0 Å². The average molecular weight is 214 g/mol. The van der Waals surface area contributed by atoms with Gasteiger partial charge in [-0.1, -0.05) is 36.4 Å². The second-order valence-corrected chi connectivity index (χ2v) is 3.88. The van der Waals surface area contributed by atoms with E-state index in [0.29, 0.717) is 6.42 Å². The summed E-state index contributed by atoms with van der Waals surface area (Å²) in [6.07, 6.45) is 0.334. The van der Waals surface area contributed by atoms with Gasteiger partial charge in [0.25, 0.3) is 0 Å². The molecule has 82 valence electrons. The molecule has 0 atom stereocenters. The Hall–Kier alpha value is -1.83. The van der Waals surface area contributed by atoms with Crippen LogP contribution in [-0.2, 0) is 16.0 Å². The van der Waals surface area contributed by atoms with Gasteiger partial charge in [-0.3, -0.25) is 4.79 Å². The number of ether oxygens (including phenoxy) is 1. The third kappa shape index (κ3) is 2.06. The molecule has 0 spiro atoms. The number of methoxy groups -OCH3 is 1. The van der Waals surface area contributed by atoms with Crippen LogP contribution in [0.1, 0.15) is 11.1 Å². The summed E-state index contributed by atoms with van der Waals surface area (Å²) >= 11 is 0. The van der Waals surface area contributed by atoms with Crippen molar-refractivity contribution in [1.82, 2.24) is 0 Å². The normalized spacial score (nSPS) is 10.4. The molecule has 0 fully saturated rings. The molecular formula is C14H14O2. The molecule has 0 aliphatic carbocycles. The van der Waals surface area contributed by atoms with E-state index >= 15 is 0 Å². The molecule has 0 bridgehead atoms. The van der Waals surface area contributed by atoms with Gasteiger partial charge in [0, 0.05) is 0 Å². The second-order valence-electron chi connectivity index (χ2n) is 3.88. The van der Waals surface area contributed by atoms with E-state index in [4.69, 9.17) is 0 Å². The van der Waals surface area contributed by atoms with Gasteiger partial charge >= 0.3 is 5.97 Å². The van der Waals surface area contributed by atoms with Gasteiger partial charge in [-0.2, -0.15) is 0 Å². The number of rotatable bonds is 2. The highest BCUT2D eigenvalue weighted by molar-refractivity contribution is 5.87. The highest BCUT2D eigenvalue weighted by Crippen LogP contribution is 2.20. The van der Waals surface area contributed by atoms with E-state index in [1.165, 1.54) is 23.4 Å². The molecule has 0 N–H and O–H groups in total. The summed E-state index contributed by atoms with van der Waals surface area (Å²) in [7, 11) is 1.41. The first-order valence-corrected chi connectivity index (χ1v) is 5.26. The second kappa shape index (κ2) is 4.35. The first kappa shape index (κ1) is 10.7. The molecule has 0 unspecified atom stereocenters. The minimum Gasteiger partial charge on any atom is -0.469 e. The fourth-order valence-corrected chi connectivity index (χ4v) is 1.82. The Morgan fingerprint density at radius 3 is 2.81 bits per heavy atom. The highest BCUT2D eigenvalue weighted by Gasteiger charge is 2.04. The molecule has 2 nitrogen and oxygen atoms in total. The molecule has 0 heterocycles. The van der Waals surface area contributed by atoms with Gasteiger partial charge in [0.05, 0.1) is 13.5 Å². The van der Waals surface area contributed by atoms with Crippen molar-refractivity contribution in [1.29, 1.82) is 0 Å². The minimum atomic E-state index is -0.201. The third-order valence-corrected chi connectivity index (χ3v) is 2.74. The number of carbonyl (C=O) groups excluding carboxylic acids is 1. The Morgan fingerprint density at radius 2 is 2.06 bits per heavy atom. The van der Waals surface area contributed by atoms with Crippen molar-refractivity contribution in [2.24, 2.45) is 0 Å². The largest absolute Gasteiger partial charge is 0.469 e. The Kier molecular flexibility index (Phi) is 2.91. The molecule has 0 aliphatic heterocycles. The van der Waals surface area contributed by atoms with Crippen molar-refractivity contribution in [3.05, 3.63) is 47.5 Å². The molecular weight excluding hydrogens is 200 g/mol. The van der Waals surface area contributed by atoms with Crippen LogP contribution >= 0.6 is 0 Å². The van der Waals surface area contributed by atoms with Crippen LogP contribution in [0.4, 0.5) is 0 Å². The first-order valence-electron chi connectivity index (χ1n) is 5.26. The van der Waals surface area contributed by atoms with Crippen LogP contribution in [0.15, 0.2) is 36.4 Å². The number of esters is 1. The Balaban J connectivity index is 2.43. The molecule has 2 aromatic carbocycles. The lowest BCUT2D eigenvalue weighted by Gasteiger charge is -2.05. The summed E-state index contributed by atoms with van der Waals surface area (Å²) in [5, 5.41) is 2.40. The lowest BCUT2D eigenvalue weighted by molar-refractivity contribution is -0.139. The fourth-order valence-electron chi connectivity index (χ4n) is 1.82. The number of carbonyl (C=O) groups is 1. The van der Waals surface area contributed by atoms with Gasteiger partial charge in [-0.25, -0.2) is 0 Å². The zero-order valence-corrected chi connectivity index (χ0v) is 9.49. The van der Waals surface area contributed by atoms with Crippen molar-refractivity contribution in [3.63, 3.8) is 0 Å². The molecule has 2 aromatic rings. The van der Waals surface area contributed by atoms with Gasteiger partial charge < -0.3 is 4.74 Å². The zero-order chi connectivity index (χ0) is 11.5. The van der Waals surface area contributed by atoms with Crippen LogP contribution in [0.3, 0.4) is 0 Å². The monoisotopic (exact) mass is 214 g/mol. The summed E-state index contributed by atoms with van der Waals surface area (Å²) < 4.78 is 4.66. The molecule has 0 amide bonds. The van der Waals surface area contributed by atoms with E-state index in [9.17, 15) is 4.79 Å². The van der Waals surface area contributed by atoms with Crippen molar-refractivity contribution in [3.8, 4) is 0 Å². The first-order chi connectivity index (χ1) is 7.70. The summed E-state index contributed by atoms with van der Waals surface area (Å²) in [5.41, 5.74) is 2.22. The lowest BCUT2D eigenvalue weighted by Crippen LogP contribution is -2.04. The SMILES string of the molecule is COC(=O)Cc1ccc2cccc(C)c2c1. The van der Waals surface area contributed by atoms with Crippen molar-refractivity contribution >= 4 is 16.7 Å².